The van der Waals surface area contributed by atoms with Crippen LogP contribution in [-0.2, 0) is 9.53 Å². The van der Waals surface area contributed by atoms with Gasteiger partial charge in [0, 0.05) is 18.1 Å². The largest absolute Gasteiger partial charge is 0.469 e. The van der Waals surface area contributed by atoms with Crippen LogP contribution in [0.5, 0.6) is 0 Å². The maximum absolute atomic E-state index is 11.2. The molecule has 2 saturated carbocycles. The highest BCUT2D eigenvalue weighted by molar-refractivity contribution is 5.86. The number of fused-ring (bicyclic) bond motifs is 1. The number of carbonyl (C=O) groups is 1. The molecule has 0 spiro atoms. The quantitative estimate of drug-likeness (QED) is 0.311. The first kappa shape index (κ1) is 23.5. The summed E-state index contributed by atoms with van der Waals surface area (Å²) in [7, 11) is 1.43. The molecular formula is C25H41NO4. The first-order valence-corrected chi connectivity index (χ1v) is 12.2. The Balaban J connectivity index is 1.44. The molecule has 1 heterocycles. The molecule has 3 aliphatic rings. The molecular weight excluding hydrogens is 378 g/mol. The van der Waals surface area contributed by atoms with Gasteiger partial charge in [-0.05, 0) is 62.7 Å². The molecule has 0 aromatic carbocycles. The third kappa shape index (κ3) is 6.16. The zero-order chi connectivity index (χ0) is 21.5. The molecule has 2 N–H and O–H groups in total. The summed E-state index contributed by atoms with van der Waals surface area (Å²) in [4.78, 5) is 16.1. The third-order valence-corrected chi connectivity index (χ3v) is 7.66. The third-order valence-electron chi connectivity index (χ3n) is 7.66. The van der Waals surface area contributed by atoms with Gasteiger partial charge < -0.3 is 14.9 Å². The van der Waals surface area contributed by atoms with E-state index in [2.05, 4.69) is 17.7 Å². The fourth-order valence-electron chi connectivity index (χ4n) is 5.87. The molecule has 0 bridgehead atoms. The molecule has 30 heavy (non-hydrogen) atoms. The summed E-state index contributed by atoms with van der Waals surface area (Å²) >= 11 is 0. The molecule has 0 aromatic rings. The number of hydrogen-bond donors (Lipinski definition) is 2. The van der Waals surface area contributed by atoms with Crippen LogP contribution in [0.3, 0.4) is 0 Å². The van der Waals surface area contributed by atoms with E-state index >= 15 is 0 Å². The smallest absolute Gasteiger partial charge is 0.305 e. The monoisotopic (exact) mass is 419 g/mol. The van der Waals surface area contributed by atoms with Crippen LogP contribution in [0.25, 0.3) is 0 Å². The van der Waals surface area contributed by atoms with Crippen molar-refractivity contribution in [1.29, 1.82) is 0 Å². The van der Waals surface area contributed by atoms with E-state index < -0.39 is 0 Å². The summed E-state index contributed by atoms with van der Waals surface area (Å²) in [6, 6.07) is 0.215. The molecule has 5 atom stereocenters. The number of rotatable bonds is 10. The summed E-state index contributed by atoms with van der Waals surface area (Å²) < 4.78 is 4.69. The second-order valence-corrected chi connectivity index (χ2v) is 9.74. The fraction of sp³-hybridized carbons (Fsp3) is 0.840. The van der Waals surface area contributed by atoms with Crippen molar-refractivity contribution in [2.45, 2.75) is 102 Å². The molecule has 0 amide bonds. The van der Waals surface area contributed by atoms with Crippen LogP contribution in [0.15, 0.2) is 17.1 Å². The maximum Gasteiger partial charge on any atom is 0.305 e. The molecule has 2 aliphatic carbocycles. The van der Waals surface area contributed by atoms with Crippen LogP contribution in [0, 0.1) is 23.7 Å². The van der Waals surface area contributed by atoms with Crippen LogP contribution in [-0.4, -0.2) is 47.3 Å². The fourth-order valence-corrected chi connectivity index (χ4v) is 5.87. The van der Waals surface area contributed by atoms with Crippen molar-refractivity contribution in [1.82, 2.24) is 0 Å². The SMILES string of the molecule is CCCC1CCC(C(O)/C=C/C2C(O)CC3N=C(CCCCC(=O)OC)CC32)CC1. The minimum atomic E-state index is -0.390. The van der Waals surface area contributed by atoms with E-state index in [-0.39, 0.29) is 30.1 Å². The summed E-state index contributed by atoms with van der Waals surface area (Å²) in [5, 5.41) is 21.2. The molecule has 170 valence electrons. The standard InChI is InChI=1S/C25H41NO4/c1-3-6-17-9-11-18(12-10-17)23(27)14-13-20-21-15-19(26-22(21)16-24(20)28)7-4-5-8-25(29)30-2/h13-14,17-18,20-24,27-28H,3-12,15-16H2,1-2H3/b14-13+. The van der Waals surface area contributed by atoms with Gasteiger partial charge in [0.1, 0.15) is 0 Å². The highest BCUT2D eigenvalue weighted by atomic mass is 16.5. The minimum Gasteiger partial charge on any atom is -0.469 e. The van der Waals surface area contributed by atoms with Crippen molar-refractivity contribution in [2.24, 2.45) is 28.7 Å². The number of aliphatic hydroxyl groups is 2. The van der Waals surface area contributed by atoms with Gasteiger partial charge in [0.05, 0.1) is 25.4 Å². The maximum atomic E-state index is 11.2. The Labute approximate surface area is 182 Å². The number of hydrogen-bond acceptors (Lipinski definition) is 5. The molecule has 0 radical (unpaired) electrons. The van der Waals surface area contributed by atoms with Gasteiger partial charge in [0.25, 0.3) is 0 Å². The highest BCUT2D eigenvalue weighted by Gasteiger charge is 2.44. The van der Waals surface area contributed by atoms with Gasteiger partial charge in [-0.2, -0.15) is 0 Å². The van der Waals surface area contributed by atoms with Crippen molar-refractivity contribution in [3.63, 3.8) is 0 Å². The summed E-state index contributed by atoms with van der Waals surface area (Å²) in [6.45, 7) is 2.25. The normalized spacial score (nSPS) is 34.7. The van der Waals surface area contributed by atoms with Gasteiger partial charge in [-0.3, -0.25) is 9.79 Å². The molecule has 5 heteroatoms. The summed E-state index contributed by atoms with van der Waals surface area (Å²) in [6.07, 6.45) is 15.5. The number of ether oxygens (including phenoxy) is 1. The average Bonchev–Trinajstić information content (AvgIpc) is 3.26. The summed E-state index contributed by atoms with van der Waals surface area (Å²) in [5.74, 6) is 1.53. The lowest BCUT2D eigenvalue weighted by molar-refractivity contribution is -0.140. The number of carbonyl (C=O) groups excluding carboxylic acids is 1. The van der Waals surface area contributed by atoms with Gasteiger partial charge in [-0.25, -0.2) is 0 Å². The Hall–Kier alpha value is -1.20. The highest BCUT2D eigenvalue weighted by Crippen LogP contribution is 2.43. The van der Waals surface area contributed by atoms with E-state index in [0.29, 0.717) is 18.3 Å². The number of methoxy groups -OCH3 is 1. The number of nitrogens with zero attached hydrogens (tertiary/aromatic N) is 1. The zero-order valence-corrected chi connectivity index (χ0v) is 18.8. The van der Waals surface area contributed by atoms with Gasteiger partial charge in [0.15, 0.2) is 0 Å². The Bertz CT molecular complexity index is 608. The number of esters is 1. The Kier molecular flexibility index (Phi) is 8.94. The molecule has 2 fully saturated rings. The molecule has 3 rings (SSSR count). The second-order valence-electron chi connectivity index (χ2n) is 9.74. The van der Waals surface area contributed by atoms with E-state index in [1.54, 1.807) is 0 Å². The number of aliphatic hydroxyl groups excluding tert-OH is 2. The van der Waals surface area contributed by atoms with Crippen LogP contribution < -0.4 is 0 Å². The first-order valence-electron chi connectivity index (χ1n) is 12.2. The average molecular weight is 420 g/mol. The molecule has 0 saturated heterocycles. The van der Waals surface area contributed by atoms with E-state index in [9.17, 15) is 15.0 Å². The molecule has 5 unspecified atom stereocenters. The van der Waals surface area contributed by atoms with Crippen molar-refractivity contribution in [2.75, 3.05) is 7.11 Å². The second kappa shape index (κ2) is 11.4. The van der Waals surface area contributed by atoms with Gasteiger partial charge in [0.2, 0.25) is 0 Å². The number of unbranched alkanes of at least 4 members (excludes halogenated alkanes) is 1. The van der Waals surface area contributed by atoms with E-state index in [0.717, 1.165) is 50.9 Å². The van der Waals surface area contributed by atoms with Crippen LogP contribution >= 0.6 is 0 Å². The van der Waals surface area contributed by atoms with E-state index in [1.807, 2.05) is 6.08 Å². The molecule has 1 aliphatic heterocycles. The van der Waals surface area contributed by atoms with Gasteiger partial charge >= 0.3 is 5.97 Å². The van der Waals surface area contributed by atoms with Crippen molar-refractivity contribution < 1.29 is 19.7 Å². The molecule has 0 aromatic heterocycles. The first-order chi connectivity index (χ1) is 14.5. The van der Waals surface area contributed by atoms with Gasteiger partial charge in [-0.1, -0.05) is 44.8 Å². The predicted octanol–water partition coefficient (Wildman–Crippen LogP) is 4.45. The Morgan fingerprint density at radius 3 is 2.73 bits per heavy atom. The Morgan fingerprint density at radius 1 is 1.27 bits per heavy atom. The minimum absolute atomic E-state index is 0.0948. The zero-order valence-electron chi connectivity index (χ0n) is 18.8. The Morgan fingerprint density at radius 2 is 2.03 bits per heavy atom. The lowest BCUT2D eigenvalue weighted by Gasteiger charge is -2.30. The van der Waals surface area contributed by atoms with Crippen molar-refractivity contribution >= 4 is 11.7 Å². The van der Waals surface area contributed by atoms with Crippen LogP contribution in [0.4, 0.5) is 0 Å². The van der Waals surface area contributed by atoms with Gasteiger partial charge in [-0.15, -0.1) is 0 Å². The van der Waals surface area contributed by atoms with E-state index in [4.69, 9.17) is 4.99 Å². The topological polar surface area (TPSA) is 79.1 Å². The van der Waals surface area contributed by atoms with Crippen molar-refractivity contribution in [3.8, 4) is 0 Å². The molecule has 5 nitrogen and oxygen atoms in total. The lowest BCUT2D eigenvalue weighted by atomic mass is 9.77. The van der Waals surface area contributed by atoms with Crippen molar-refractivity contribution in [3.05, 3.63) is 12.2 Å². The van der Waals surface area contributed by atoms with Crippen LogP contribution in [0.1, 0.15) is 84.0 Å². The van der Waals surface area contributed by atoms with E-state index in [1.165, 1.54) is 38.5 Å². The lowest BCUT2D eigenvalue weighted by Crippen LogP contribution is -2.25. The predicted molar refractivity (Wildman–Crippen MR) is 119 cm³/mol. The van der Waals surface area contributed by atoms with Crippen LogP contribution in [0.2, 0.25) is 0 Å². The number of aliphatic imine (C=N–C) groups is 1. The summed E-state index contributed by atoms with van der Waals surface area (Å²) in [5.41, 5.74) is 1.23.